The van der Waals surface area contributed by atoms with Gasteiger partial charge in [0.1, 0.15) is 17.3 Å². The van der Waals surface area contributed by atoms with Gasteiger partial charge in [-0.2, -0.15) is 5.26 Å². The van der Waals surface area contributed by atoms with Crippen molar-refractivity contribution in [1.82, 2.24) is 14.5 Å². The van der Waals surface area contributed by atoms with Crippen LogP contribution in [-0.4, -0.2) is 51.0 Å². The molecule has 0 spiro atoms. The van der Waals surface area contributed by atoms with Crippen LogP contribution in [0.3, 0.4) is 0 Å². The summed E-state index contributed by atoms with van der Waals surface area (Å²) in [5, 5.41) is 10.4. The lowest BCUT2D eigenvalue weighted by Crippen LogP contribution is -2.36. The Hall–Kier alpha value is -3.90. The number of benzene rings is 1. The number of rotatable bonds is 2. The molecule has 1 saturated heterocycles. The van der Waals surface area contributed by atoms with Crippen molar-refractivity contribution in [3.8, 4) is 17.2 Å². The van der Waals surface area contributed by atoms with Gasteiger partial charge in [0, 0.05) is 29.9 Å². The van der Waals surface area contributed by atoms with Gasteiger partial charge < -0.3 is 19.1 Å². The van der Waals surface area contributed by atoms with Gasteiger partial charge in [-0.25, -0.2) is 19.1 Å². The number of nitrogens with zero attached hydrogens (tertiary/aromatic N) is 4. The summed E-state index contributed by atoms with van der Waals surface area (Å²) in [6.07, 6.45) is 4.79. The van der Waals surface area contributed by atoms with Crippen molar-refractivity contribution in [2.24, 2.45) is 0 Å². The Morgan fingerprint density at radius 3 is 2.48 bits per heavy atom. The number of pyridine rings is 1. The topological polar surface area (TPSA) is 107 Å². The van der Waals surface area contributed by atoms with Crippen molar-refractivity contribution in [1.29, 1.82) is 5.26 Å². The van der Waals surface area contributed by atoms with Crippen LogP contribution in [0.15, 0.2) is 30.6 Å². The molecule has 40 heavy (non-hydrogen) atoms. The Bertz CT molecular complexity index is 1520. The van der Waals surface area contributed by atoms with E-state index >= 15 is 0 Å². The van der Waals surface area contributed by atoms with E-state index in [9.17, 15) is 14.9 Å². The molecule has 9 nitrogen and oxygen atoms in total. The lowest BCUT2D eigenvalue weighted by atomic mass is 9.88. The predicted molar refractivity (Wildman–Crippen MR) is 150 cm³/mol. The number of hydrogen-bond acceptors (Lipinski definition) is 7. The fourth-order valence-corrected chi connectivity index (χ4v) is 5.41. The molecule has 0 aliphatic carbocycles. The maximum Gasteiger partial charge on any atom is 0.420 e. The second-order valence-electron chi connectivity index (χ2n) is 12.4. The fourth-order valence-electron chi connectivity index (χ4n) is 5.41. The Morgan fingerprint density at radius 2 is 1.77 bits per heavy atom. The van der Waals surface area contributed by atoms with Crippen molar-refractivity contribution in [3.05, 3.63) is 52.8 Å². The number of hydrogen-bond donors (Lipinski definition) is 0. The first kappa shape index (κ1) is 27.7. The molecule has 2 aromatic heterocycles. The van der Waals surface area contributed by atoms with Crippen LogP contribution in [0.2, 0.25) is 0 Å². The van der Waals surface area contributed by atoms with E-state index in [-0.39, 0.29) is 12.1 Å². The van der Waals surface area contributed by atoms with Crippen molar-refractivity contribution >= 4 is 23.2 Å². The molecule has 2 aliphatic heterocycles. The second kappa shape index (κ2) is 10.3. The predicted octanol–water partition coefficient (Wildman–Crippen LogP) is 6.50. The monoisotopic (exact) mass is 544 g/mol. The SMILES string of the molecule is CC(C)(C)OC(=O)N1CCC[C@H]1c1cc(-c2cnc3c(c2)c(C#N)cn3C(=O)OC(C)(C)C)cc2c1COCC2. The average molecular weight is 545 g/mol. The Morgan fingerprint density at radius 1 is 1.05 bits per heavy atom. The van der Waals surface area contributed by atoms with Gasteiger partial charge in [-0.1, -0.05) is 6.07 Å². The van der Waals surface area contributed by atoms with Crippen LogP contribution in [0.4, 0.5) is 9.59 Å². The molecule has 1 fully saturated rings. The minimum atomic E-state index is -0.683. The third-order valence-corrected chi connectivity index (χ3v) is 7.07. The van der Waals surface area contributed by atoms with E-state index < -0.39 is 17.3 Å². The smallest absolute Gasteiger partial charge is 0.420 e. The van der Waals surface area contributed by atoms with Gasteiger partial charge in [-0.15, -0.1) is 0 Å². The number of aromatic nitrogens is 2. The fraction of sp³-hybridized carbons (Fsp3) is 0.484. The van der Waals surface area contributed by atoms with Gasteiger partial charge >= 0.3 is 12.2 Å². The normalized spacial score (nSPS) is 17.4. The van der Waals surface area contributed by atoms with Crippen molar-refractivity contribution in [2.45, 2.75) is 84.7 Å². The number of ether oxygens (including phenoxy) is 3. The van der Waals surface area contributed by atoms with Crippen molar-refractivity contribution < 1.29 is 23.8 Å². The Kier molecular flexibility index (Phi) is 7.09. The molecule has 9 heteroatoms. The molecule has 0 bridgehead atoms. The lowest BCUT2D eigenvalue weighted by molar-refractivity contribution is 0.0220. The van der Waals surface area contributed by atoms with Crippen molar-refractivity contribution in [3.63, 3.8) is 0 Å². The molecule has 0 radical (unpaired) electrons. The van der Waals surface area contributed by atoms with Crippen LogP contribution in [0.25, 0.3) is 22.2 Å². The number of nitriles is 1. The zero-order valence-corrected chi connectivity index (χ0v) is 24.0. The van der Waals surface area contributed by atoms with Gasteiger partial charge in [-0.05, 0) is 95.2 Å². The highest BCUT2D eigenvalue weighted by Crippen LogP contribution is 2.40. The van der Waals surface area contributed by atoms with Crippen LogP contribution in [0, 0.1) is 11.3 Å². The largest absolute Gasteiger partial charge is 0.444 e. The number of fused-ring (bicyclic) bond motifs is 2. The van der Waals surface area contributed by atoms with E-state index in [0.717, 1.165) is 41.5 Å². The molecule has 1 aromatic carbocycles. The van der Waals surface area contributed by atoms with E-state index in [1.807, 2.05) is 31.7 Å². The summed E-state index contributed by atoms with van der Waals surface area (Å²) < 4.78 is 18.4. The average Bonchev–Trinajstić information content (AvgIpc) is 3.51. The van der Waals surface area contributed by atoms with Crippen LogP contribution < -0.4 is 0 Å². The first-order chi connectivity index (χ1) is 18.8. The third-order valence-electron chi connectivity index (χ3n) is 7.07. The van der Waals surface area contributed by atoms with E-state index in [1.54, 1.807) is 27.0 Å². The van der Waals surface area contributed by atoms with Crippen molar-refractivity contribution in [2.75, 3.05) is 13.2 Å². The Balaban J connectivity index is 1.58. The summed E-state index contributed by atoms with van der Waals surface area (Å²) in [6, 6.07) is 8.22. The zero-order valence-electron chi connectivity index (χ0n) is 24.0. The number of amides is 1. The standard InChI is InChI=1S/C31H36N4O5/c1-30(2,3)39-28(36)34-10-7-8-26(34)24-13-20(12-19-9-11-38-18-25(19)24)21-14-23-22(15-32)17-35(27(23)33-16-21)29(37)40-31(4,5)6/h12-14,16-17,26H,7-11,18H2,1-6H3/t26-/m0/s1. The molecular formula is C31H36N4O5. The van der Waals surface area contributed by atoms with Gasteiger partial charge in [0.25, 0.3) is 0 Å². The van der Waals surface area contributed by atoms with Gasteiger partial charge in [0.05, 0.1) is 24.8 Å². The van der Waals surface area contributed by atoms with Gasteiger partial charge in [0.2, 0.25) is 0 Å². The highest BCUT2D eigenvalue weighted by atomic mass is 16.6. The molecule has 3 aromatic rings. The van der Waals surface area contributed by atoms with Gasteiger partial charge in [0.15, 0.2) is 5.65 Å². The number of carbonyl (C=O) groups excluding carboxylic acids is 2. The summed E-state index contributed by atoms with van der Waals surface area (Å²) in [4.78, 5) is 32.4. The quantitative estimate of drug-likeness (QED) is 0.362. The van der Waals surface area contributed by atoms with E-state index in [1.165, 1.54) is 16.3 Å². The summed E-state index contributed by atoms with van der Waals surface area (Å²) in [7, 11) is 0. The minimum Gasteiger partial charge on any atom is -0.444 e. The summed E-state index contributed by atoms with van der Waals surface area (Å²) >= 11 is 0. The summed E-state index contributed by atoms with van der Waals surface area (Å²) in [6.45, 7) is 12.8. The van der Waals surface area contributed by atoms with E-state index in [4.69, 9.17) is 14.2 Å². The molecule has 0 unspecified atom stereocenters. The lowest BCUT2D eigenvalue weighted by Gasteiger charge is -2.31. The molecule has 2 aliphatic rings. The summed E-state index contributed by atoms with van der Waals surface area (Å²) in [5.41, 5.74) is 4.57. The molecular weight excluding hydrogens is 508 g/mol. The molecule has 0 saturated carbocycles. The van der Waals surface area contributed by atoms with Crippen LogP contribution in [0.5, 0.6) is 0 Å². The highest BCUT2D eigenvalue weighted by Gasteiger charge is 2.35. The maximum atomic E-state index is 13.1. The van der Waals surface area contributed by atoms with Crippen LogP contribution in [0.1, 0.15) is 82.7 Å². The van der Waals surface area contributed by atoms with Crippen LogP contribution >= 0.6 is 0 Å². The molecule has 1 amide bonds. The molecule has 0 N–H and O–H groups in total. The maximum absolute atomic E-state index is 13.1. The first-order valence-electron chi connectivity index (χ1n) is 13.7. The van der Waals surface area contributed by atoms with E-state index in [0.29, 0.717) is 36.4 Å². The van der Waals surface area contributed by atoms with Crippen LogP contribution in [-0.2, 0) is 27.2 Å². The first-order valence-corrected chi connectivity index (χ1v) is 13.7. The third kappa shape index (κ3) is 5.54. The Labute approximate surface area is 234 Å². The summed E-state index contributed by atoms with van der Waals surface area (Å²) in [5.74, 6) is 0. The molecule has 1 atom stereocenters. The van der Waals surface area contributed by atoms with Gasteiger partial charge in [-0.3, -0.25) is 0 Å². The number of carbonyl (C=O) groups is 2. The second-order valence-corrected chi connectivity index (χ2v) is 12.4. The molecule has 5 rings (SSSR count). The minimum absolute atomic E-state index is 0.120. The molecule has 210 valence electrons. The highest BCUT2D eigenvalue weighted by molar-refractivity contribution is 5.93. The molecule has 4 heterocycles. The zero-order chi connectivity index (χ0) is 28.8. The van der Waals surface area contributed by atoms with E-state index in [2.05, 4.69) is 23.2 Å². The number of likely N-dealkylation sites (tertiary alicyclic amines) is 1.